The Morgan fingerprint density at radius 2 is 2.40 bits per heavy atom. The summed E-state index contributed by atoms with van der Waals surface area (Å²) >= 11 is 4.31. The maximum absolute atomic E-state index is 9.25. The van der Waals surface area contributed by atoms with Gasteiger partial charge in [0.15, 0.2) is 0 Å². The van der Waals surface area contributed by atoms with E-state index < -0.39 is 0 Å². The normalized spacial score (nSPS) is 37.5. The van der Waals surface area contributed by atoms with E-state index in [-0.39, 0.29) is 6.10 Å². The van der Waals surface area contributed by atoms with Gasteiger partial charge in [-0.3, -0.25) is 0 Å². The SMILES string of the molecule is CC(S)C1CC(O)CCN1. The fourth-order valence-electron chi connectivity index (χ4n) is 1.30. The molecule has 0 bridgehead atoms. The smallest absolute Gasteiger partial charge is 0.0567 e. The van der Waals surface area contributed by atoms with E-state index in [0.29, 0.717) is 11.3 Å². The highest BCUT2D eigenvalue weighted by Gasteiger charge is 2.21. The Hall–Kier alpha value is 0.270. The molecule has 0 aliphatic carbocycles. The first kappa shape index (κ1) is 8.37. The highest BCUT2D eigenvalue weighted by atomic mass is 32.1. The van der Waals surface area contributed by atoms with Gasteiger partial charge in [-0.15, -0.1) is 0 Å². The van der Waals surface area contributed by atoms with Crippen LogP contribution in [0.5, 0.6) is 0 Å². The highest BCUT2D eigenvalue weighted by molar-refractivity contribution is 7.81. The molecule has 10 heavy (non-hydrogen) atoms. The predicted molar refractivity (Wildman–Crippen MR) is 45.5 cm³/mol. The van der Waals surface area contributed by atoms with Gasteiger partial charge in [0, 0.05) is 11.3 Å². The maximum Gasteiger partial charge on any atom is 0.0567 e. The Balaban J connectivity index is 2.32. The Kier molecular flexibility index (Phi) is 3.01. The molecule has 0 aromatic rings. The van der Waals surface area contributed by atoms with Crippen molar-refractivity contribution < 1.29 is 5.11 Å². The second-order valence-electron chi connectivity index (χ2n) is 2.98. The lowest BCUT2D eigenvalue weighted by molar-refractivity contribution is 0.117. The van der Waals surface area contributed by atoms with Crippen LogP contribution in [0.3, 0.4) is 0 Å². The zero-order valence-electron chi connectivity index (χ0n) is 6.25. The summed E-state index contributed by atoms with van der Waals surface area (Å²) in [6, 6.07) is 0.395. The number of hydrogen-bond acceptors (Lipinski definition) is 3. The zero-order chi connectivity index (χ0) is 7.56. The Bertz CT molecular complexity index is 108. The molecule has 0 saturated carbocycles. The minimum atomic E-state index is -0.110. The molecule has 1 heterocycles. The van der Waals surface area contributed by atoms with Crippen molar-refractivity contribution in [1.82, 2.24) is 5.32 Å². The van der Waals surface area contributed by atoms with Crippen LogP contribution in [0.1, 0.15) is 19.8 Å². The molecule has 0 aromatic heterocycles. The molecule has 1 aliphatic rings. The Morgan fingerprint density at radius 1 is 1.70 bits per heavy atom. The molecule has 0 radical (unpaired) electrons. The van der Waals surface area contributed by atoms with Crippen LogP contribution in [0, 0.1) is 0 Å². The van der Waals surface area contributed by atoms with E-state index >= 15 is 0 Å². The van der Waals surface area contributed by atoms with E-state index in [1.807, 2.05) is 0 Å². The number of aliphatic hydroxyl groups is 1. The van der Waals surface area contributed by atoms with Gasteiger partial charge in [0.1, 0.15) is 0 Å². The maximum atomic E-state index is 9.25. The first-order valence-corrected chi connectivity index (χ1v) is 4.31. The number of thiol groups is 1. The number of rotatable bonds is 1. The van der Waals surface area contributed by atoms with Gasteiger partial charge in [-0.25, -0.2) is 0 Å². The molecule has 3 atom stereocenters. The van der Waals surface area contributed by atoms with Crippen molar-refractivity contribution in [3.8, 4) is 0 Å². The summed E-state index contributed by atoms with van der Waals surface area (Å²) in [6.07, 6.45) is 1.63. The molecular formula is C7H15NOS. The molecule has 2 nitrogen and oxygen atoms in total. The van der Waals surface area contributed by atoms with Gasteiger partial charge in [0.05, 0.1) is 6.10 Å². The van der Waals surface area contributed by atoms with E-state index in [9.17, 15) is 5.11 Å². The topological polar surface area (TPSA) is 32.3 Å². The monoisotopic (exact) mass is 161 g/mol. The van der Waals surface area contributed by atoms with Crippen LogP contribution in [0.2, 0.25) is 0 Å². The van der Waals surface area contributed by atoms with E-state index in [1.165, 1.54) is 0 Å². The molecule has 0 aromatic carbocycles. The summed E-state index contributed by atoms with van der Waals surface area (Å²) in [5.41, 5.74) is 0. The fourth-order valence-corrected chi connectivity index (χ4v) is 1.52. The Morgan fingerprint density at radius 3 is 2.80 bits per heavy atom. The van der Waals surface area contributed by atoms with E-state index in [4.69, 9.17) is 0 Å². The van der Waals surface area contributed by atoms with Crippen LogP contribution >= 0.6 is 12.6 Å². The lowest BCUT2D eigenvalue weighted by Crippen LogP contribution is -2.44. The zero-order valence-corrected chi connectivity index (χ0v) is 7.14. The summed E-state index contributed by atoms with van der Waals surface area (Å²) in [6.45, 7) is 2.98. The third-order valence-corrected chi connectivity index (χ3v) is 2.35. The molecule has 2 N–H and O–H groups in total. The first-order valence-electron chi connectivity index (χ1n) is 3.79. The summed E-state index contributed by atoms with van der Waals surface area (Å²) in [7, 11) is 0. The van der Waals surface area contributed by atoms with Crippen LogP contribution in [-0.4, -0.2) is 29.0 Å². The number of aliphatic hydroxyl groups excluding tert-OH is 1. The second-order valence-corrected chi connectivity index (χ2v) is 3.79. The summed E-state index contributed by atoms with van der Waals surface area (Å²) in [5, 5.41) is 12.9. The third kappa shape index (κ3) is 2.15. The van der Waals surface area contributed by atoms with Crippen molar-refractivity contribution in [2.45, 2.75) is 37.2 Å². The van der Waals surface area contributed by atoms with Gasteiger partial charge in [0.25, 0.3) is 0 Å². The quantitative estimate of drug-likeness (QED) is 0.487. The molecule has 3 unspecified atom stereocenters. The molecule has 0 amide bonds. The lowest BCUT2D eigenvalue weighted by atomic mass is 10.00. The average Bonchev–Trinajstić information content (AvgIpc) is 1.88. The lowest BCUT2D eigenvalue weighted by Gasteiger charge is -2.29. The summed E-state index contributed by atoms with van der Waals surface area (Å²) < 4.78 is 0. The minimum Gasteiger partial charge on any atom is -0.393 e. The van der Waals surface area contributed by atoms with E-state index in [1.54, 1.807) is 0 Å². The minimum absolute atomic E-state index is 0.110. The van der Waals surface area contributed by atoms with E-state index in [2.05, 4.69) is 24.9 Å². The fraction of sp³-hybridized carbons (Fsp3) is 1.00. The van der Waals surface area contributed by atoms with Crippen molar-refractivity contribution in [2.75, 3.05) is 6.54 Å². The number of nitrogens with one attached hydrogen (secondary N) is 1. The van der Waals surface area contributed by atoms with Crippen LogP contribution in [0.4, 0.5) is 0 Å². The van der Waals surface area contributed by atoms with Gasteiger partial charge in [-0.1, -0.05) is 6.92 Å². The predicted octanol–water partition coefficient (Wildman–Crippen LogP) is 0.418. The van der Waals surface area contributed by atoms with Gasteiger partial charge in [-0.05, 0) is 19.4 Å². The second kappa shape index (κ2) is 3.60. The molecule has 1 fully saturated rings. The van der Waals surface area contributed by atoms with E-state index in [0.717, 1.165) is 19.4 Å². The number of piperidine rings is 1. The molecule has 0 spiro atoms. The van der Waals surface area contributed by atoms with Crippen molar-refractivity contribution in [3.05, 3.63) is 0 Å². The van der Waals surface area contributed by atoms with Crippen LogP contribution in [0.25, 0.3) is 0 Å². The number of hydrogen-bond donors (Lipinski definition) is 3. The Labute approximate surface area is 67.4 Å². The molecule has 3 heteroatoms. The van der Waals surface area contributed by atoms with Crippen molar-refractivity contribution in [2.24, 2.45) is 0 Å². The molecule has 1 rings (SSSR count). The molecule has 1 saturated heterocycles. The molecular weight excluding hydrogens is 146 g/mol. The van der Waals surface area contributed by atoms with Crippen LogP contribution < -0.4 is 5.32 Å². The summed E-state index contributed by atoms with van der Waals surface area (Å²) in [4.78, 5) is 0. The summed E-state index contributed by atoms with van der Waals surface area (Å²) in [5.74, 6) is 0. The van der Waals surface area contributed by atoms with Crippen molar-refractivity contribution in [1.29, 1.82) is 0 Å². The van der Waals surface area contributed by atoms with Gasteiger partial charge >= 0.3 is 0 Å². The van der Waals surface area contributed by atoms with Gasteiger partial charge in [0.2, 0.25) is 0 Å². The van der Waals surface area contributed by atoms with Gasteiger partial charge < -0.3 is 10.4 Å². The largest absolute Gasteiger partial charge is 0.393 e. The molecule has 60 valence electrons. The van der Waals surface area contributed by atoms with Crippen molar-refractivity contribution in [3.63, 3.8) is 0 Å². The molecule has 1 aliphatic heterocycles. The van der Waals surface area contributed by atoms with Gasteiger partial charge in [-0.2, -0.15) is 12.6 Å². The van der Waals surface area contributed by atoms with Crippen LogP contribution in [0.15, 0.2) is 0 Å². The van der Waals surface area contributed by atoms with Crippen molar-refractivity contribution >= 4 is 12.6 Å². The van der Waals surface area contributed by atoms with Crippen LogP contribution in [-0.2, 0) is 0 Å². The third-order valence-electron chi connectivity index (χ3n) is 1.99. The average molecular weight is 161 g/mol. The highest BCUT2D eigenvalue weighted by Crippen LogP contribution is 2.13. The first-order chi connectivity index (χ1) is 4.70. The standard InChI is InChI=1S/C7H15NOS/c1-5(10)7-4-6(9)2-3-8-7/h5-10H,2-4H2,1H3.